The van der Waals surface area contributed by atoms with Gasteiger partial charge in [-0.15, -0.1) is 11.3 Å². The first-order valence-corrected chi connectivity index (χ1v) is 6.98. The van der Waals surface area contributed by atoms with Crippen LogP contribution in [0.3, 0.4) is 0 Å². The summed E-state index contributed by atoms with van der Waals surface area (Å²) < 4.78 is 0. The number of nitrogens with one attached hydrogen (secondary N) is 1. The fourth-order valence-electron chi connectivity index (χ4n) is 1.56. The van der Waals surface area contributed by atoms with Gasteiger partial charge in [0.05, 0.1) is 0 Å². The molecule has 90 valence electrons. The van der Waals surface area contributed by atoms with Crippen LogP contribution in [0.1, 0.15) is 36.4 Å². The summed E-state index contributed by atoms with van der Waals surface area (Å²) in [5.41, 5.74) is 0. The Morgan fingerprint density at radius 1 is 1.38 bits per heavy atom. The van der Waals surface area contributed by atoms with Gasteiger partial charge in [0, 0.05) is 34.9 Å². The van der Waals surface area contributed by atoms with E-state index in [0.29, 0.717) is 6.04 Å². The van der Waals surface area contributed by atoms with Gasteiger partial charge < -0.3 is 5.32 Å². The molecule has 1 aliphatic carbocycles. The van der Waals surface area contributed by atoms with Crippen molar-refractivity contribution in [1.82, 2.24) is 10.2 Å². The fourth-order valence-corrected chi connectivity index (χ4v) is 2.60. The normalized spacial score (nSPS) is 16.3. The molecule has 0 radical (unpaired) electrons. The third kappa shape index (κ3) is 3.58. The quantitative estimate of drug-likeness (QED) is 0.820. The van der Waals surface area contributed by atoms with E-state index in [1.165, 1.54) is 22.6 Å². The van der Waals surface area contributed by atoms with Crippen molar-refractivity contribution in [3.05, 3.63) is 21.9 Å². The van der Waals surface area contributed by atoms with E-state index >= 15 is 0 Å². The van der Waals surface area contributed by atoms with Crippen molar-refractivity contribution in [1.29, 1.82) is 0 Å². The standard InChI is InChI=1S/C13H22N2S/c1-10(2)15(3)9-13-7-6-12(16-13)8-14-11-4-5-11/h6-7,10-11,14H,4-5,8-9H2,1-3H3. The van der Waals surface area contributed by atoms with Gasteiger partial charge in [-0.25, -0.2) is 0 Å². The Kier molecular flexibility index (Phi) is 4.00. The van der Waals surface area contributed by atoms with Gasteiger partial charge >= 0.3 is 0 Å². The Morgan fingerprint density at radius 2 is 2.06 bits per heavy atom. The molecule has 1 heterocycles. The van der Waals surface area contributed by atoms with Gasteiger partial charge in [-0.05, 0) is 45.9 Å². The molecule has 1 aromatic rings. The molecular formula is C13H22N2S. The summed E-state index contributed by atoms with van der Waals surface area (Å²) in [5.74, 6) is 0. The molecule has 3 heteroatoms. The van der Waals surface area contributed by atoms with Crippen LogP contribution in [0.25, 0.3) is 0 Å². The maximum absolute atomic E-state index is 3.56. The number of hydrogen-bond donors (Lipinski definition) is 1. The molecule has 1 aromatic heterocycles. The lowest BCUT2D eigenvalue weighted by Gasteiger charge is -2.19. The van der Waals surface area contributed by atoms with E-state index in [1.807, 2.05) is 11.3 Å². The summed E-state index contributed by atoms with van der Waals surface area (Å²) >= 11 is 1.94. The van der Waals surface area contributed by atoms with Crippen LogP contribution in [0, 0.1) is 0 Å². The summed E-state index contributed by atoms with van der Waals surface area (Å²) in [6.07, 6.45) is 2.74. The lowest BCUT2D eigenvalue weighted by molar-refractivity contribution is 0.268. The van der Waals surface area contributed by atoms with Crippen LogP contribution in [0.5, 0.6) is 0 Å². The van der Waals surface area contributed by atoms with Crippen LogP contribution in [-0.4, -0.2) is 24.0 Å². The van der Waals surface area contributed by atoms with Crippen molar-refractivity contribution in [2.45, 2.75) is 51.9 Å². The average Bonchev–Trinajstić information content (AvgIpc) is 2.97. The summed E-state index contributed by atoms with van der Waals surface area (Å²) in [6.45, 7) is 6.61. The van der Waals surface area contributed by atoms with Crippen molar-refractivity contribution in [3.8, 4) is 0 Å². The second-order valence-electron chi connectivity index (χ2n) is 5.03. The van der Waals surface area contributed by atoms with Gasteiger partial charge in [-0.3, -0.25) is 4.90 Å². The number of nitrogens with zero attached hydrogens (tertiary/aromatic N) is 1. The highest BCUT2D eigenvalue weighted by atomic mass is 32.1. The Hall–Kier alpha value is -0.380. The Labute approximate surface area is 103 Å². The van der Waals surface area contributed by atoms with Crippen LogP contribution in [-0.2, 0) is 13.1 Å². The molecule has 0 aliphatic heterocycles. The molecular weight excluding hydrogens is 216 g/mol. The topological polar surface area (TPSA) is 15.3 Å². The first kappa shape index (κ1) is 12.1. The van der Waals surface area contributed by atoms with Gasteiger partial charge in [0.2, 0.25) is 0 Å². The lowest BCUT2D eigenvalue weighted by atomic mass is 10.3. The highest BCUT2D eigenvalue weighted by Gasteiger charge is 2.20. The Bertz CT molecular complexity index is 328. The van der Waals surface area contributed by atoms with Crippen molar-refractivity contribution in [2.24, 2.45) is 0 Å². The molecule has 0 spiro atoms. The highest BCUT2D eigenvalue weighted by molar-refractivity contribution is 7.11. The monoisotopic (exact) mass is 238 g/mol. The van der Waals surface area contributed by atoms with Gasteiger partial charge in [-0.1, -0.05) is 0 Å². The van der Waals surface area contributed by atoms with E-state index < -0.39 is 0 Å². The summed E-state index contributed by atoms with van der Waals surface area (Å²) in [7, 11) is 2.19. The molecule has 2 rings (SSSR count). The predicted octanol–water partition coefficient (Wildman–Crippen LogP) is 2.84. The zero-order valence-electron chi connectivity index (χ0n) is 10.5. The molecule has 0 saturated heterocycles. The summed E-state index contributed by atoms with van der Waals surface area (Å²) in [5, 5.41) is 3.56. The highest BCUT2D eigenvalue weighted by Crippen LogP contribution is 2.22. The van der Waals surface area contributed by atoms with E-state index in [1.54, 1.807) is 0 Å². The molecule has 1 N–H and O–H groups in total. The zero-order valence-corrected chi connectivity index (χ0v) is 11.3. The second-order valence-corrected chi connectivity index (χ2v) is 6.28. The van der Waals surface area contributed by atoms with E-state index in [9.17, 15) is 0 Å². The SMILES string of the molecule is CC(C)N(C)Cc1ccc(CNC2CC2)s1. The largest absolute Gasteiger partial charge is 0.309 e. The molecule has 0 atom stereocenters. The molecule has 1 saturated carbocycles. The minimum absolute atomic E-state index is 0.620. The van der Waals surface area contributed by atoms with Crippen LogP contribution < -0.4 is 5.32 Å². The Balaban J connectivity index is 1.81. The van der Waals surface area contributed by atoms with E-state index in [0.717, 1.165) is 19.1 Å². The first-order chi connectivity index (χ1) is 7.65. The van der Waals surface area contributed by atoms with E-state index in [-0.39, 0.29) is 0 Å². The minimum atomic E-state index is 0.620. The molecule has 0 unspecified atom stereocenters. The third-order valence-electron chi connectivity index (χ3n) is 3.15. The van der Waals surface area contributed by atoms with E-state index in [2.05, 4.69) is 43.2 Å². The smallest absolute Gasteiger partial charge is 0.0327 e. The molecule has 1 fully saturated rings. The van der Waals surface area contributed by atoms with Crippen molar-refractivity contribution in [3.63, 3.8) is 0 Å². The number of rotatable bonds is 6. The average molecular weight is 238 g/mol. The number of thiophene rings is 1. The van der Waals surface area contributed by atoms with Gasteiger partial charge in [0.1, 0.15) is 0 Å². The second kappa shape index (κ2) is 5.30. The van der Waals surface area contributed by atoms with Gasteiger partial charge in [0.25, 0.3) is 0 Å². The fraction of sp³-hybridized carbons (Fsp3) is 0.692. The zero-order chi connectivity index (χ0) is 11.5. The molecule has 0 bridgehead atoms. The van der Waals surface area contributed by atoms with Crippen LogP contribution >= 0.6 is 11.3 Å². The van der Waals surface area contributed by atoms with Crippen molar-refractivity contribution >= 4 is 11.3 Å². The molecule has 0 amide bonds. The van der Waals surface area contributed by atoms with Crippen LogP contribution in [0.2, 0.25) is 0 Å². The Morgan fingerprint density at radius 3 is 2.69 bits per heavy atom. The first-order valence-electron chi connectivity index (χ1n) is 6.16. The van der Waals surface area contributed by atoms with Crippen LogP contribution in [0.15, 0.2) is 12.1 Å². The molecule has 1 aliphatic rings. The van der Waals surface area contributed by atoms with Crippen LogP contribution in [0.4, 0.5) is 0 Å². The summed E-state index contributed by atoms with van der Waals surface area (Å²) in [4.78, 5) is 5.33. The minimum Gasteiger partial charge on any atom is -0.309 e. The van der Waals surface area contributed by atoms with Gasteiger partial charge in [0.15, 0.2) is 0 Å². The maximum atomic E-state index is 3.56. The summed E-state index contributed by atoms with van der Waals surface area (Å²) in [6, 6.07) is 5.97. The lowest BCUT2D eigenvalue weighted by Crippen LogP contribution is -2.25. The van der Waals surface area contributed by atoms with Gasteiger partial charge in [-0.2, -0.15) is 0 Å². The predicted molar refractivity (Wildman–Crippen MR) is 70.8 cm³/mol. The van der Waals surface area contributed by atoms with E-state index in [4.69, 9.17) is 0 Å². The molecule has 0 aromatic carbocycles. The third-order valence-corrected chi connectivity index (χ3v) is 4.22. The van der Waals surface area contributed by atoms with Crippen molar-refractivity contribution < 1.29 is 0 Å². The molecule has 2 nitrogen and oxygen atoms in total. The molecule has 16 heavy (non-hydrogen) atoms. The van der Waals surface area contributed by atoms with Crippen molar-refractivity contribution in [2.75, 3.05) is 7.05 Å². The number of hydrogen-bond acceptors (Lipinski definition) is 3. The maximum Gasteiger partial charge on any atom is 0.0327 e.